The molecule has 1 amide bonds. The first-order valence-electron chi connectivity index (χ1n) is 4.53. The summed E-state index contributed by atoms with van der Waals surface area (Å²) in [5.41, 5.74) is 0. The maximum atomic E-state index is 11.3. The van der Waals surface area contributed by atoms with Crippen molar-refractivity contribution in [1.29, 1.82) is 0 Å². The van der Waals surface area contributed by atoms with Crippen molar-refractivity contribution in [3.05, 3.63) is 0 Å². The Balaban J connectivity index is 2.30. The molecule has 0 aromatic carbocycles. The van der Waals surface area contributed by atoms with E-state index in [1.54, 1.807) is 6.92 Å². The number of carbonyl (C=O) groups is 2. The average Bonchev–Trinajstić information content (AvgIpc) is 1.99. The summed E-state index contributed by atoms with van der Waals surface area (Å²) >= 11 is 0. The predicted octanol–water partition coefficient (Wildman–Crippen LogP) is 0.464. The highest BCUT2D eigenvalue weighted by Gasteiger charge is 2.27. The largest absolute Gasteiger partial charge is 0.467 e. The van der Waals surface area contributed by atoms with E-state index in [2.05, 4.69) is 10.1 Å². The first kappa shape index (κ1) is 10.0. The van der Waals surface area contributed by atoms with E-state index < -0.39 is 12.0 Å². The summed E-state index contributed by atoms with van der Waals surface area (Å²) in [4.78, 5) is 22.3. The SMILES string of the molecule is COC(=O)C(C)NC(=O)C1CCC1. The Hall–Kier alpha value is -1.06. The standard InChI is InChI=1S/C9H15NO3/c1-6(9(12)13-2)10-8(11)7-4-3-5-7/h6-7H,3-5H2,1-2H3,(H,10,11). The minimum Gasteiger partial charge on any atom is -0.467 e. The van der Waals surface area contributed by atoms with E-state index in [-0.39, 0.29) is 11.8 Å². The highest BCUT2D eigenvalue weighted by atomic mass is 16.5. The Morgan fingerprint density at radius 1 is 1.46 bits per heavy atom. The van der Waals surface area contributed by atoms with Crippen LogP contribution in [0.1, 0.15) is 26.2 Å². The molecule has 13 heavy (non-hydrogen) atoms. The highest BCUT2D eigenvalue weighted by molar-refractivity contribution is 5.85. The number of methoxy groups -OCH3 is 1. The molecule has 1 atom stereocenters. The van der Waals surface area contributed by atoms with Gasteiger partial charge in [0.2, 0.25) is 5.91 Å². The summed E-state index contributed by atoms with van der Waals surface area (Å²) in [6.45, 7) is 1.63. The van der Waals surface area contributed by atoms with Crippen LogP contribution in [0.4, 0.5) is 0 Å². The van der Waals surface area contributed by atoms with Gasteiger partial charge in [-0.05, 0) is 19.8 Å². The minimum atomic E-state index is -0.530. The third-order valence-electron chi connectivity index (χ3n) is 2.39. The minimum absolute atomic E-state index is 0.0239. The smallest absolute Gasteiger partial charge is 0.328 e. The van der Waals surface area contributed by atoms with Gasteiger partial charge in [0, 0.05) is 5.92 Å². The molecular formula is C9H15NO3. The number of esters is 1. The second-order valence-electron chi connectivity index (χ2n) is 3.38. The number of ether oxygens (including phenoxy) is 1. The third kappa shape index (κ3) is 2.44. The van der Waals surface area contributed by atoms with Crippen LogP contribution >= 0.6 is 0 Å². The van der Waals surface area contributed by atoms with Crippen LogP contribution in [0.2, 0.25) is 0 Å². The van der Waals surface area contributed by atoms with E-state index in [1.807, 2.05) is 0 Å². The van der Waals surface area contributed by atoms with Crippen LogP contribution in [-0.2, 0) is 14.3 Å². The molecule has 4 heteroatoms. The molecule has 1 rings (SSSR count). The number of nitrogens with one attached hydrogen (secondary N) is 1. The number of amides is 1. The zero-order valence-electron chi connectivity index (χ0n) is 8.00. The maximum absolute atomic E-state index is 11.3. The Kier molecular flexibility index (Phi) is 3.28. The molecule has 1 saturated carbocycles. The van der Waals surface area contributed by atoms with Crippen LogP contribution < -0.4 is 5.32 Å². The Morgan fingerprint density at radius 3 is 2.46 bits per heavy atom. The van der Waals surface area contributed by atoms with E-state index in [0.29, 0.717) is 0 Å². The molecule has 1 fully saturated rings. The average molecular weight is 185 g/mol. The lowest BCUT2D eigenvalue weighted by Gasteiger charge is -2.25. The quantitative estimate of drug-likeness (QED) is 0.650. The van der Waals surface area contributed by atoms with E-state index in [0.717, 1.165) is 19.3 Å². The van der Waals surface area contributed by atoms with Gasteiger partial charge < -0.3 is 10.1 Å². The molecule has 1 aliphatic rings. The third-order valence-corrected chi connectivity index (χ3v) is 2.39. The zero-order valence-corrected chi connectivity index (χ0v) is 8.00. The van der Waals surface area contributed by atoms with Crippen molar-refractivity contribution in [2.75, 3.05) is 7.11 Å². The van der Waals surface area contributed by atoms with Crippen LogP contribution in [0, 0.1) is 5.92 Å². The summed E-state index contributed by atoms with van der Waals surface area (Å²) in [5.74, 6) is -0.302. The van der Waals surface area contributed by atoms with Gasteiger partial charge in [0.15, 0.2) is 0 Å². The topological polar surface area (TPSA) is 55.4 Å². The summed E-state index contributed by atoms with van der Waals surface area (Å²) in [5, 5.41) is 2.62. The molecule has 0 aromatic heterocycles. The Labute approximate surface area is 77.6 Å². The van der Waals surface area contributed by atoms with Crippen molar-refractivity contribution in [3.8, 4) is 0 Å². The van der Waals surface area contributed by atoms with Crippen molar-refractivity contribution in [3.63, 3.8) is 0 Å². The van der Waals surface area contributed by atoms with Gasteiger partial charge in [0.1, 0.15) is 6.04 Å². The van der Waals surface area contributed by atoms with Crippen LogP contribution in [-0.4, -0.2) is 25.0 Å². The first-order valence-corrected chi connectivity index (χ1v) is 4.53. The van der Waals surface area contributed by atoms with Crippen molar-refractivity contribution in [2.45, 2.75) is 32.2 Å². The fourth-order valence-corrected chi connectivity index (χ4v) is 1.24. The lowest BCUT2D eigenvalue weighted by atomic mass is 9.84. The van der Waals surface area contributed by atoms with Gasteiger partial charge in [-0.2, -0.15) is 0 Å². The molecule has 1 aliphatic carbocycles. The number of hydrogen-bond donors (Lipinski definition) is 1. The van der Waals surface area contributed by atoms with Crippen LogP contribution in [0.15, 0.2) is 0 Å². The summed E-state index contributed by atoms with van der Waals surface area (Å²) < 4.78 is 4.49. The first-order chi connectivity index (χ1) is 6.15. The summed E-state index contributed by atoms with van der Waals surface area (Å²) in [6.07, 6.45) is 3.00. The number of hydrogen-bond acceptors (Lipinski definition) is 3. The Bertz CT molecular complexity index is 211. The zero-order chi connectivity index (χ0) is 9.84. The number of rotatable bonds is 3. The molecule has 0 radical (unpaired) electrons. The van der Waals surface area contributed by atoms with Gasteiger partial charge in [-0.15, -0.1) is 0 Å². The molecule has 0 aromatic rings. The fourth-order valence-electron chi connectivity index (χ4n) is 1.24. The molecule has 1 unspecified atom stereocenters. The monoisotopic (exact) mass is 185 g/mol. The fraction of sp³-hybridized carbons (Fsp3) is 0.778. The predicted molar refractivity (Wildman–Crippen MR) is 47.0 cm³/mol. The van der Waals surface area contributed by atoms with Gasteiger partial charge in [-0.1, -0.05) is 6.42 Å². The van der Waals surface area contributed by atoms with Crippen LogP contribution in [0.3, 0.4) is 0 Å². The van der Waals surface area contributed by atoms with E-state index in [4.69, 9.17) is 0 Å². The van der Waals surface area contributed by atoms with Gasteiger partial charge in [0.25, 0.3) is 0 Å². The van der Waals surface area contributed by atoms with Gasteiger partial charge in [-0.25, -0.2) is 4.79 Å². The van der Waals surface area contributed by atoms with Crippen molar-refractivity contribution in [2.24, 2.45) is 5.92 Å². The highest BCUT2D eigenvalue weighted by Crippen LogP contribution is 2.26. The summed E-state index contributed by atoms with van der Waals surface area (Å²) in [7, 11) is 1.31. The normalized spacial score (nSPS) is 18.6. The number of carbonyl (C=O) groups excluding carboxylic acids is 2. The van der Waals surface area contributed by atoms with Gasteiger partial charge in [0.05, 0.1) is 7.11 Å². The molecule has 74 valence electrons. The van der Waals surface area contributed by atoms with E-state index in [9.17, 15) is 9.59 Å². The van der Waals surface area contributed by atoms with Crippen LogP contribution in [0.25, 0.3) is 0 Å². The molecule has 0 heterocycles. The second kappa shape index (κ2) is 4.25. The van der Waals surface area contributed by atoms with Crippen molar-refractivity contribution < 1.29 is 14.3 Å². The lowest BCUT2D eigenvalue weighted by molar-refractivity contribution is -0.145. The van der Waals surface area contributed by atoms with Crippen molar-refractivity contribution in [1.82, 2.24) is 5.32 Å². The van der Waals surface area contributed by atoms with Gasteiger partial charge in [-0.3, -0.25) is 4.79 Å². The molecular weight excluding hydrogens is 170 g/mol. The summed E-state index contributed by atoms with van der Waals surface area (Å²) in [6, 6.07) is -0.530. The molecule has 0 saturated heterocycles. The molecule has 0 bridgehead atoms. The lowest BCUT2D eigenvalue weighted by Crippen LogP contribution is -2.43. The molecule has 4 nitrogen and oxygen atoms in total. The van der Waals surface area contributed by atoms with E-state index >= 15 is 0 Å². The molecule has 0 spiro atoms. The Morgan fingerprint density at radius 2 is 2.08 bits per heavy atom. The van der Waals surface area contributed by atoms with Crippen LogP contribution in [0.5, 0.6) is 0 Å². The van der Waals surface area contributed by atoms with E-state index in [1.165, 1.54) is 7.11 Å². The maximum Gasteiger partial charge on any atom is 0.328 e. The molecule has 1 N–H and O–H groups in total. The molecule has 0 aliphatic heterocycles. The second-order valence-corrected chi connectivity index (χ2v) is 3.38. The van der Waals surface area contributed by atoms with Gasteiger partial charge >= 0.3 is 5.97 Å². The van der Waals surface area contributed by atoms with Crippen molar-refractivity contribution >= 4 is 11.9 Å².